The predicted octanol–water partition coefficient (Wildman–Crippen LogP) is 2.65. The van der Waals surface area contributed by atoms with Gasteiger partial charge in [0.1, 0.15) is 0 Å². The molecular weight excluding hydrogens is 334 g/mol. The molecule has 77 valence electrons. The molecule has 0 aliphatic heterocycles. The molecule has 14 heavy (non-hydrogen) atoms. The Balaban J connectivity index is 3.60. The first kappa shape index (κ1) is 11.9. The Morgan fingerprint density at radius 2 is 1.07 bits per heavy atom. The Labute approximate surface area is 90.9 Å². The van der Waals surface area contributed by atoms with Crippen LogP contribution in [0.4, 0.5) is 22.0 Å². The van der Waals surface area contributed by atoms with Crippen molar-refractivity contribution >= 4 is 33.3 Å². The quantitative estimate of drug-likeness (QED) is 0.185. The lowest BCUT2D eigenvalue weighted by molar-refractivity contribution is 0.384. The molecule has 0 bridgehead atoms. The molecule has 0 spiro atoms. The van der Waals surface area contributed by atoms with Gasteiger partial charge in [-0.25, -0.2) is 22.0 Å². The van der Waals surface area contributed by atoms with E-state index in [1.54, 1.807) is 21.8 Å². The maximum atomic E-state index is 13.0. The maximum Gasteiger partial charge on any atom is 0.200 e. The van der Waals surface area contributed by atoms with E-state index in [2.05, 4.69) is 0 Å². The first-order chi connectivity index (χ1) is 6.37. The molecule has 0 unspecified atom stereocenters. The van der Waals surface area contributed by atoms with E-state index < -0.39 is 40.6 Å². The van der Waals surface area contributed by atoms with Gasteiger partial charge in [0.25, 0.3) is 0 Å². The zero-order chi connectivity index (χ0) is 11.0. The second-order valence-corrected chi connectivity index (χ2v) is 8.90. The summed E-state index contributed by atoms with van der Waals surface area (Å²) in [4.78, 5) is 0. The Bertz CT molecular complexity index is 350. The number of hydrogen-bond acceptors (Lipinski definition) is 0. The third-order valence-corrected chi connectivity index (χ3v) is 4.30. The molecule has 0 heterocycles. The SMILES string of the molecule is C[Si](I)c1c(F)c(F)c(F)c(F)c1F. The second kappa shape index (κ2) is 4.13. The molecule has 0 nitrogen and oxygen atoms in total. The third-order valence-electron chi connectivity index (χ3n) is 1.55. The molecule has 1 radical (unpaired) electrons. The van der Waals surface area contributed by atoms with Crippen molar-refractivity contribution in [2.24, 2.45) is 0 Å². The number of halogens is 6. The van der Waals surface area contributed by atoms with Crippen LogP contribution in [0.5, 0.6) is 0 Å². The second-order valence-electron chi connectivity index (χ2n) is 2.48. The van der Waals surface area contributed by atoms with Crippen molar-refractivity contribution in [2.45, 2.75) is 6.55 Å². The van der Waals surface area contributed by atoms with Gasteiger partial charge in [-0.3, -0.25) is 0 Å². The molecule has 0 atom stereocenters. The molecular formula is C7H3F5ISi. The highest BCUT2D eigenvalue weighted by molar-refractivity contribution is 14.1. The summed E-state index contributed by atoms with van der Waals surface area (Å²) in [6, 6.07) is 0. The summed E-state index contributed by atoms with van der Waals surface area (Å²) >= 11 is 1.67. The lowest BCUT2D eigenvalue weighted by atomic mass is 10.3. The van der Waals surface area contributed by atoms with E-state index in [0.29, 0.717) is 0 Å². The highest BCUT2D eigenvalue weighted by Gasteiger charge is 2.28. The van der Waals surface area contributed by atoms with Gasteiger partial charge in [-0.1, -0.05) is 6.55 Å². The van der Waals surface area contributed by atoms with Crippen LogP contribution in [0.25, 0.3) is 0 Å². The van der Waals surface area contributed by atoms with Gasteiger partial charge in [0.05, 0.1) is 0 Å². The Hall–Kier alpha value is -0.183. The van der Waals surface area contributed by atoms with Crippen LogP contribution in [0.1, 0.15) is 0 Å². The van der Waals surface area contributed by atoms with Crippen molar-refractivity contribution < 1.29 is 22.0 Å². The van der Waals surface area contributed by atoms with Crippen molar-refractivity contribution in [1.29, 1.82) is 0 Å². The normalized spacial score (nSPS) is 11.1. The molecule has 1 aromatic carbocycles. The van der Waals surface area contributed by atoms with E-state index in [0.717, 1.165) is 0 Å². The van der Waals surface area contributed by atoms with Crippen molar-refractivity contribution in [1.82, 2.24) is 0 Å². The average molecular weight is 337 g/mol. The molecule has 0 aliphatic rings. The van der Waals surface area contributed by atoms with Crippen LogP contribution in [-0.4, -0.2) is 6.29 Å². The summed E-state index contributed by atoms with van der Waals surface area (Å²) in [6.07, 6.45) is -1.76. The van der Waals surface area contributed by atoms with Crippen LogP contribution < -0.4 is 5.19 Å². The van der Waals surface area contributed by atoms with Crippen LogP contribution in [0.15, 0.2) is 0 Å². The average Bonchev–Trinajstić information content (AvgIpc) is 2.11. The standard InChI is InChI=1S/C7H3F5ISi/c1-14(13)7-5(11)3(9)2(8)4(10)6(7)12/h1H3. The summed E-state index contributed by atoms with van der Waals surface area (Å²) in [7, 11) is 0. The van der Waals surface area contributed by atoms with Gasteiger partial charge >= 0.3 is 0 Å². The van der Waals surface area contributed by atoms with E-state index in [1.165, 1.54) is 6.55 Å². The third kappa shape index (κ3) is 1.79. The zero-order valence-corrected chi connectivity index (χ0v) is 9.93. The molecule has 0 aliphatic carbocycles. The topological polar surface area (TPSA) is 0 Å². The number of hydrogen-bond donors (Lipinski definition) is 0. The van der Waals surface area contributed by atoms with E-state index in [1.807, 2.05) is 0 Å². The fraction of sp³-hybridized carbons (Fsp3) is 0.143. The molecule has 0 N–H and O–H groups in total. The van der Waals surface area contributed by atoms with Gasteiger partial charge in [0.2, 0.25) is 5.82 Å². The van der Waals surface area contributed by atoms with Crippen LogP contribution in [-0.2, 0) is 0 Å². The summed E-state index contributed by atoms with van der Waals surface area (Å²) < 4.78 is 63.7. The molecule has 1 rings (SSSR count). The van der Waals surface area contributed by atoms with Crippen molar-refractivity contribution in [3.8, 4) is 0 Å². The largest absolute Gasteiger partial charge is 0.204 e. The zero-order valence-electron chi connectivity index (χ0n) is 6.77. The summed E-state index contributed by atoms with van der Waals surface area (Å²) in [5.41, 5.74) is 0. The van der Waals surface area contributed by atoms with Gasteiger partial charge in [-0.05, 0) is 0 Å². The van der Waals surface area contributed by atoms with E-state index >= 15 is 0 Å². The first-order valence-corrected chi connectivity index (χ1v) is 8.50. The van der Waals surface area contributed by atoms with Crippen LogP contribution in [0.3, 0.4) is 0 Å². The molecule has 0 amide bonds. The molecule has 0 fully saturated rings. The lowest BCUT2D eigenvalue weighted by Gasteiger charge is -2.08. The van der Waals surface area contributed by atoms with Crippen LogP contribution >= 0.6 is 21.8 Å². The fourth-order valence-electron chi connectivity index (χ4n) is 0.907. The van der Waals surface area contributed by atoms with Gasteiger partial charge in [-0.15, -0.1) is 21.8 Å². The fourth-order valence-corrected chi connectivity index (χ4v) is 3.15. The minimum atomic E-state index is -2.11. The van der Waals surface area contributed by atoms with Gasteiger partial charge in [0, 0.05) is 5.19 Å². The summed E-state index contributed by atoms with van der Waals surface area (Å²) in [6.45, 7) is 1.43. The Morgan fingerprint density at radius 3 is 1.36 bits per heavy atom. The Morgan fingerprint density at radius 1 is 0.786 bits per heavy atom. The highest BCUT2D eigenvalue weighted by atomic mass is 127. The molecule has 0 aromatic heterocycles. The predicted molar refractivity (Wildman–Crippen MR) is 51.5 cm³/mol. The van der Waals surface area contributed by atoms with Crippen molar-refractivity contribution in [3.05, 3.63) is 29.1 Å². The molecule has 7 heteroatoms. The minimum absolute atomic E-state index is 0.688. The van der Waals surface area contributed by atoms with E-state index in [-0.39, 0.29) is 0 Å². The summed E-state index contributed by atoms with van der Waals surface area (Å²) in [5, 5.41) is -0.688. The molecule has 0 saturated heterocycles. The van der Waals surface area contributed by atoms with Crippen molar-refractivity contribution in [3.63, 3.8) is 0 Å². The minimum Gasteiger partial charge on any atom is -0.204 e. The summed E-state index contributed by atoms with van der Waals surface area (Å²) in [5.74, 6) is -9.29. The first-order valence-electron chi connectivity index (χ1n) is 3.38. The monoisotopic (exact) mass is 337 g/mol. The van der Waals surface area contributed by atoms with E-state index in [4.69, 9.17) is 0 Å². The maximum absolute atomic E-state index is 13.0. The van der Waals surface area contributed by atoms with E-state index in [9.17, 15) is 22.0 Å². The van der Waals surface area contributed by atoms with Gasteiger partial charge in [-0.2, -0.15) is 0 Å². The number of rotatable bonds is 1. The lowest BCUT2D eigenvalue weighted by Crippen LogP contribution is -2.31. The highest BCUT2D eigenvalue weighted by Crippen LogP contribution is 2.17. The van der Waals surface area contributed by atoms with Crippen LogP contribution in [0.2, 0.25) is 6.55 Å². The van der Waals surface area contributed by atoms with Crippen LogP contribution in [0, 0.1) is 29.1 Å². The Kier molecular flexibility index (Phi) is 3.51. The smallest absolute Gasteiger partial charge is 0.200 e. The molecule has 0 saturated carbocycles. The number of benzene rings is 1. The van der Waals surface area contributed by atoms with Crippen molar-refractivity contribution in [2.75, 3.05) is 0 Å². The van der Waals surface area contributed by atoms with Gasteiger partial charge < -0.3 is 0 Å². The molecule has 1 aromatic rings. The van der Waals surface area contributed by atoms with Gasteiger partial charge in [0.15, 0.2) is 29.6 Å².